The minimum absolute atomic E-state index is 0.0164. The second kappa shape index (κ2) is 4.45. The van der Waals surface area contributed by atoms with Crippen LogP contribution in [-0.4, -0.2) is 10.7 Å². The van der Waals surface area contributed by atoms with E-state index in [4.69, 9.17) is 5.73 Å². The average molecular weight is 232 g/mol. The van der Waals surface area contributed by atoms with Crippen molar-refractivity contribution in [1.29, 1.82) is 0 Å². The van der Waals surface area contributed by atoms with Gasteiger partial charge in [-0.3, -0.25) is 0 Å². The van der Waals surface area contributed by atoms with E-state index in [2.05, 4.69) is 29.5 Å². The summed E-state index contributed by atoms with van der Waals surface area (Å²) >= 11 is 3.81. The van der Waals surface area contributed by atoms with Crippen LogP contribution in [0.1, 0.15) is 11.1 Å². The Balaban J connectivity index is 3.17. The van der Waals surface area contributed by atoms with Crippen LogP contribution in [0.25, 0.3) is 0 Å². The SMILES string of the molecule is Nc1ncc(C(F)(F)F)cc1C#CCS. The molecule has 15 heavy (non-hydrogen) atoms. The van der Waals surface area contributed by atoms with E-state index in [-0.39, 0.29) is 17.1 Å². The highest BCUT2D eigenvalue weighted by molar-refractivity contribution is 7.80. The van der Waals surface area contributed by atoms with Gasteiger partial charge >= 0.3 is 6.18 Å². The van der Waals surface area contributed by atoms with Gasteiger partial charge in [0.1, 0.15) is 5.82 Å². The number of nitrogens with two attached hydrogens (primary N) is 1. The molecule has 0 atom stereocenters. The Hall–Kier alpha value is -1.35. The van der Waals surface area contributed by atoms with E-state index in [1.165, 1.54) is 0 Å². The number of halogens is 3. The van der Waals surface area contributed by atoms with Crippen LogP contribution in [0, 0.1) is 11.8 Å². The van der Waals surface area contributed by atoms with Gasteiger partial charge in [0.25, 0.3) is 0 Å². The van der Waals surface area contributed by atoms with Crippen LogP contribution in [0.3, 0.4) is 0 Å². The van der Waals surface area contributed by atoms with E-state index in [0.717, 1.165) is 6.07 Å². The van der Waals surface area contributed by atoms with E-state index >= 15 is 0 Å². The molecule has 0 aromatic carbocycles. The predicted octanol–water partition coefficient (Wildman–Crippen LogP) is 1.96. The quantitative estimate of drug-likeness (QED) is 0.530. The van der Waals surface area contributed by atoms with Gasteiger partial charge in [-0.1, -0.05) is 11.8 Å². The van der Waals surface area contributed by atoms with Crippen LogP contribution in [0.15, 0.2) is 12.3 Å². The molecule has 0 fully saturated rings. The van der Waals surface area contributed by atoms with Crippen LogP contribution in [-0.2, 0) is 6.18 Å². The molecule has 1 aromatic rings. The maximum Gasteiger partial charge on any atom is 0.417 e. The summed E-state index contributed by atoms with van der Waals surface area (Å²) in [5, 5.41) is 0. The van der Waals surface area contributed by atoms with Crippen molar-refractivity contribution in [2.24, 2.45) is 0 Å². The van der Waals surface area contributed by atoms with Crippen molar-refractivity contribution in [3.63, 3.8) is 0 Å². The van der Waals surface area contributed by atoms with Gasteiger partial charge < -0.3 is 5.73 Å². The minimum atomic E-state index is -4.43. The molecule has 2 N–H and O–H groups in total. The normalized spacial score (nSPS) is 10.7. The van der Waals surface area contributed by atoms with Crippen molar-refractivity contribution in [3.8, 4) is 11.8 Å². The average Bonchev–Trinajstić information content (AvgIpc) is 2.15. The molecule has 0 radical (unpaired) electrons. The van der Waals surface area contributed by atoms with E-state index in [9.17, 15) is 13.2 Å². The number of nitrogen functional groups attached to an aromatic ring is 1. The molecule has 0 aliphatic heterocycles. The summed E-state index contributed by atoms with van der Waals surface area (Å²) in [4.78, 5) is 3.43. The number of pyridine rings is 1. The molecular formula is C9H7F3N2S. The third-order valence-electron chi connectivity index (χ3n) is 1.55. The Kier molecular flexibility index (Phi) is 3.48. The Bertz CT molecular complexity index is 418. The van der Waals surface area contributed by atoms with Crippen LogP contribution in [0.5, 0.6) is 0 Å². The summed E-state index contributed by atoms with van der Waals surface area (Å²) in [5.74, 6) is 5.20. The summed E-state index contributed by atoms with van der Waals surface area (Å²) in [7, 11) is 0. The minimum Gasteiger partial charge on any atom is -0.383 e. The molecule has 0 saturated carbocycles. The summed E-state index contributed by atoms with van der Waals surface area (Å²) in [5.41, 5.74) is 4.58. The fraction of sp³-hybridized carbons (Fsp3) is 0.222. The zero-order chi connectivity index (χ0) is 11.5. The second-order valence-corrected chi connectivity index (χ2v) is 2.93. The topological polar surface area (TPSA) is 38.9 Å². The molecule has 0 amide bonds. The highest BCUT2D eigenvalue weighted by Crippen LogP contribution is 2.29. The molecule has 1 aromatic heterocycles. The summed E-state index contributed by atoms with van der Waals surface area (Å²) < 4.78 is 36.8. The lowest BCUT2D eigenvalue weighted by Crippen LogP contribution is -2.07. The Morgan fingerprint density at radius 2 is 2.13 bits per heavy atom. The number of nitrogens with zero attached hydrogens (tertiary/aromatic N) is 1. The second-order valence-electron chi connectivity index (χ2n) is 2.61. The highest BCUT2D eigenvalue weighted by atomic mass is 32.1. The third-order valence-corrected chi connectivity index (χ3v) is 1.71. The van der Waals surface area contributed by atoms with Gasteiger partial charge in [-0.15, -0.1) is 0 Å². The fourth-order valence-corrected chi connectivity index (χ4v) is 0.944. The molecule has 80 valence electrons. The monoisotopic (exact) mass is 232 g/mol. The molecule has 0 spiro atoms. The molecule has 6 heteroatoms. The number of anilines is 1. The summed E-state index contributed by atoms with van der Waals surface area (Å²) in [6.07, 6.45) is -3.75. The van der Waals surface area contributed by atoms with Crippen LogP contribution < -0.4 is 5.73 Å². The van der Waals surface area contributed by atoms with Crippen LogP contribution >= 0.6 is 12.6 Å². The lowest BCUT2D eigenvalue weighted by atomic mass is 10.2. The number of rotatable bonds is 0. The first-order chi connectivity index (χ1) is 6.95. The summed E-state index contributed by atoms with van der Waals surface area (Å²) in [6.45, 7) is 0. The number of aromatic nitrogens is 1. The molecule has 0 aliphatic carbocycles. The zero-order valence-corrected chi connectivity index (χ0v) is 8.36. The molecule has 1 heterocycles. The smallest absolute Gasteiger partial charge is 0.383 e. The molecule has 1 rings (SSSR count). The van der Waals surface area contributed by atoms with Crippen molar-refractivity contribution in [1.82, 2.24) is 4.98 Å². The van der Waals surface area contributed by atoms with Gasteiger partial charge in [0.05, 0.1) is 16.9 Å². The molecule has 0 unspecified atom stereocenters. The predicted molar refractivity (Wildman–Crippen MR) is 54.4 cm³/mol. The highest BCUT2D eigenvalue weighted by Gasteiger charge is 2.31. The molecular weight excluding hydrogens is 225 g/mol. The first-order valence-electron chi connectivity index (χ1n) is 3.87. The molecule has 0 bridgehead atoms. The van der Waals surface area contributed by atoms with Gasteiger partial charge in [-0.05, 0) is 6.07 Å². The van der Waals surface area contributed by atoms with Crippen LogP contribution in [0.2, 0.25) is 0 Å². The molecule has 0 aliphatic rings. The van der Waals surface area contributed by atoms with E-state index < -0.39 is 11.7 Å². The lowest BCUT2D eigenvalue weighted by Gasteiger charge is -2.06. The van der Waals surface area contributed by atoms with E-state index in [1.807, 2.05) is 0 Å². The lowest BCUT2D eigenvalue weighted by molar-refractivity contribution is -0.137. The molecule has 2 nitrogen and oxygen atoms in total. The van der Waals surface area contributed by atoms with Gasteiger partial charge in [0.2, 0.25) is 0 Å². The van der Waals surface area contributed by atoms with Crippen LogP contribution in [0.4, 0.5) is 19.0 Å². The van der Waals surface area contributed by atoms with Gasteiger partial charge in [-0.25, -0.2) is 4.98 Å². The Morgan fingerprint density at radius 1 is 1.47 bits per heavy atom. The van der Waals surface area contributed by atoms with E-state index in [0.29, 0.717) is 6.20 Å². The maximum absolute atomic E-state index is 12.3. The van der Waals surface area contributed by atoms with E-state index in [1.54, 1.807) is 0 Å². The maximum atomic E-state index is 12.3. The Morgan fingerprint density at radius 3 is 2.67 bits per heavy atom. The van der Waals surface area contributed by atoms with Crippen molar-refractivity contribution >= 4 is 18.4 Å². The molecule has 0 saturated heterocycles. The van der Waals surface area contributed by atoms with Gasteiger partial charge in [0.15, 0.2) is 0 Å². The zero-order valence-electron chi connectivity index (χ0n) is 7.47. The van der Waals surface area contributed by atoms with Crippen molar-refractivity contribution in [3.05, 3.63) is 23.4 Å². The fourth-order valence-electron chi connectivity index (χ4n) is 0.865. The Labute approximate surface area is 90.1 Å². The number of thiol groups is 1. The first-order valence-corrected chi connectivity index (χ1v) is 4.51. The van der Waals surface area contributed by atoms with Crippen molar-refractivity contribution in [2.45, 2.75) is 6.18 Å². The van der Waals surface area contributed by atoms with Crippen molar-refractivity contribution in [2.75, 3.05) is 11.5 Å². The van der Waals surface area contributed by atoms with Gasteiger partial charge in [0, 0.05) is 6.20 Å². The summed E-state index contributed by atoms with van der Waals surface area (Å²) in [6, 6.07) is 0.874. The number of alkyl halides is 3. The standard InChI is InChI=1S/C9H7F3N2S/c10-9(11,12)7-4-6(2-1-3-15)8(13)14-5-7/h4-5,15H,3H2,(H2,13,14). The first kappa shape index (κ1) is 11.7. The number of hydrogen-bond donors (Lipinski definition) is 2. The third kappa shape index (κ3) is 3.06. The largest absolute Gasteiger partial charge is 0.417 e. The number of hydrogen-bond acceptors (Lipinski definition) is 3. The van der Waals surface area contributed by atoms with Crippen molar-refractivity contribution < 1.29 is 13.2 Å². The van der Waals surface area contributed by atoms with Gasteiger partial charge in [-0.2, -0.15) is 25.8 Å².